The summed E-state index contributed by atoms with van der Waals surface area (Å²) in [5.74, 6) is 0. The molecule has 0 bridgehead atoms. The number of nitrogens with zero attached hydrogens (tertiary/aromatic N) is 2. The molecule has 0 aliphatic carbocycles. The van der Waals surface area contributed by atoms with Crippen molar-refractivity contribution in [3.05, 3.63) is 68.7 Å². The van der Waals surface area contributed by atoms with Crippen LogP contribution in [0, 0.1) is 10.1 Å². The number of non-ortho nitro benzene ring substituents is 1. The molecule has 5 nitrogen and oxygen atoms in total. The Hall–Kier alpha value is -2.21. The van der Waals surface area contributed by atoms with Crippen molar-refractivity contribution in [1.82, 2.24) is 0 Å². The molecule has 0 radical (unpaired) electrons. The fourth-order valence-electron chi connectivity index (χ4n) is 1.42. The zero-order valence-corrected chi connectivity index (χ0v) is 11.4. The average Bonchev–Trinajstić information content (AvgIpc) is 2.41. The fourth-order valence-corrected chi connectivity index (χ4v) is 1.69. The summed E-state index contributed by atoms with van der Waals surface area (Å²) in [5, 5.41) is 14.7. The van der Waals surface area contributed by atoms with Crippen LogP contribution in [-0.4, -0.2) is 11.1 Å². The first-order chi connectivity index (χ1) is 9.15. The maximum atomic E-state index is 10.6. The molecule has 0 fully saturated rings. The number of halogens is 1. The molecule has 0 amide bonds. The second-order valence-corrected chi connectivity index (χ2v) is 4.64. The van der Waals surface area contributed by atoms with E-state index < -0.39 is 4.92 Å². The summed E-state index contributed by atoms with van der Waals surface area (Å²) in [6.07, 6.45) is 1.54. The van der Waals surface area contributed by atoms with E-state index in [4.69, 9.17) is 0 Å². The van der Waals surface area contributed by atoms with Crippen LogP contribution in [0.3, 0.4) is 0 Å². The highest BCUT2D eigenvalue weighted by molar-refractivity contribution is 9.10. The maximum Gasteiger partial charge on any atom is 0.270 e. The first-order valence-corrected chi connectivity index (χ1v) is 6.23. The summed E-state index contributed by atoms with van der Waals surface area (Å²) in [4.78, 5) is 10.2. The second-order valence-electron chi connectivity index (χ2n) is 3.73. The molecule has 0 atom stereocenters. The highest BCUT2D eigenvalue weighted by Gasteiger charge is 2.03. The van der Waals surface area contributed by atoms with Gasteiger partial charge in [-0.1, -0.05) is 28.1 Å². The second kappa shape index (κ2) is 6.10. The summed E-state index contributed by atoms with van der Waals surface area (Å²) in [7, 11) is 0. The predicted octanol–water partition coefficient (Wildman–Crippen LogP) is 3.80. The van der Waals surface area contributed by atoms with E-state index in [-0.39, 0.29) is 5.69 Å². The van der Waals surface area contributed by atoms with Gasteiger partial charge in [0.1, 0.15) is 0 Å². The molecule has 0 aromatic heterocycles. The van der Waals surface area contributed by atoms with Crippen molar-refractivity contribution in [3.8, 4) is 0 Å². The minimum atomic E-state index is -0.431. The molecule has 0 spiro atoms. The van der Waals surface area contributed by atoms with E-state index in [0.29, 0.717) is 5.56 Å². The van der Waals surface area contributed by atoms with Gasteiger partial charge in [-0.2, -0.15) is 5.10 Å². The molecule has 96 valence electrons. The molecule has 0 unspecified atom stereocenters. The Labute approximate surface area is 118 Å². The van der Waals surface area contributed by atoms with Gasteiger partial charge in [0, 0.05) is 22.2 Å². The van der Waals surface area contributed by atoms with Crippen LogP contribution in [0.4, 0.5) is 11.4 Å². The number of hydrogen-bond donors (Lipinski definition) is 1. The van der Waals surface area contributed by atoms with Crippen LogP contribution in [-0.2, 0) is 0 Å². The number of hydrogen-bond acceptors (Lipinski definition) is 4. The molecule has 0 aliphatic heterocycles. The van der Waals surface area contributed by atoms with E-state index in [1.807, 2.05) is 24.3 Å². The van der Waals surface area contributed by atoms with Crippen molar-refractivity contribution < 1.29 is 4.92 Å². The Balaban J connectivity index is 2.04. The number of hydrazone groups is 1. The Morgan fingerprint density at radius 1 is 1.21 bits per heavy atom. The van der Waals surface area contributed by atoms with Crippen LogP contribution in [0.1, 0.15) is 5.56 Å². The van der Waals surface area contributed by atoms with E-state index in [9.17, 15) is 10.1 Å². The lowest BCUT2D eigenvalue weighted by Crippen LogP contribution is -1.92. The first kappa shape index (κ1) is 13.2. The Morgan fingerprint density at radius 2 is 1.95 bits per heavy atom. The van der Waals surface area contributed by atoms with Crippen molar-refractivity contribution in [3.63, 3.8) is 0 Å². The van der Waals surface area contributed by atoms with Gasteiger partial charge in [0.2, 0.25) is 0 Å². The third-order valence-electron chi connectivity index (χ3n) is 2.33. The van der Waals surface area contributed by atoms with Gasteiger partial charge < -0.3 is 0 Å². The lowest BCUT2D eigenvalue weighted by atomic mass is 10.2. The Kier molecular flexibility index (Phi) is 4.25. The van der Waals surface area contributed by atoms with E-state index in [2.05, 4.69) is 26.5 Å². The normalized spacial score (nSPS) is 10.6. The molecule has 19 heavy (non-hydrogen) atoms. The predicted molar refractivity (Wildman–Crippen MR) is 78.5 cm³/mol. The van der Waals surface area contributed by atoms with E-state index in [1.54, 1.807) is 12.1 Å². The minimum Gasteiger partial charge on any atom is -0.279 e. The first-order valence-electron chi connectivity index (χ1n) is 5.44. The number of nitro benzene ring substituents is 1. The maximum absolute atomic E-state index is 10.6. The van der Waals surface area contributed by atoms with Gasteiger partial charge in [0.05, 0.1) is 16.8 Å². The summed E-state index contributed by atoms with van der Waals surface area (Å²) in [6.45, 7) is 0. The lowest BCUT2D eigenvalue weighted by Gasteiger charge is -1.99. The standard InChI is InChI=1S/C13H10BrN3O2/c14-11-4-6-12(7-5-11)16-15-9-10-2-1-3-13(8-10)17(18)19/h1-9,16H/b15-9+. The number of anilines is 1. The van der Waals surface area contributed by atoms with Gasteiger partial charge in [0.15, 0.2) is 0 Å². The topological polar surface area (TPSA) is 67.5 Å². The van der Waals surface area contributed by atoms with Crippen molar-refractivity contribution in [2.24, 2.45) is 5.10 Å². The van der Waals surface area contributed by atoms with Gasteiger partial charge >= 0.3 is 0 Å². The quantitative estimate of drug-likeness (QED) is 0.529. The fraction of sp³-hybridized carbons (Fsp3) is 0. The van der Waals surface area contributed by atoms with Crippen LogP contribution in [0.5, 0.6) is 0 Å². The summed E-state index contributed by atoms with van der Waals surface area (Å²) < 4.78 is 0.987. The molecule has 0 saturated heterocycles. The average molecular weight is 320 g/mol. The molecule has 2 rings (SSSR count). The van der Waals surface area contributed by atoms with Gasteiger partial charge in [-0.05, 0) is 24.3 Å². The number of benzene rings is 2. The number of nitro groups is 1. The molecule has 2 aromatic rings. The zero-order chi connectivity index (χ0) is 13.7. The highest BCUT2D eigenvalue weighted by atomic mass is 79.9. The molecule has 2 aromatic carbocycles. The van der Waals surface area contributed by atoms with Gasteiger partial charge in [0.25, 0.3) is 5.69 Å². The molecular formula is C13H10BrN3O2. The van der Waals surface area contributed by atoms with Crippen molar-refractivity contribution >= 4 is 33.5 Å². The Bertz CT molecular complexity index is 612. The van der Waals surface area contributed by atoms with Gasteiger partial charge in [-0.15, -0.1) is 0 Å². The van der Waals surface area contributed by atoms with Crippen LogP contribution in [0.2, 0.25) is 0 Å². The monoisotopic (exact) mass is 319 g/mol. The molecular weight excluding hydrogens is 310 g/mol. The van der Waals surface area contributed by atoms with Crippen LogP contribution < -0.4 is 5.43 Å². The highest BCUT2D eigenvalue weighted by Crippen LogP contribution is 2.14. The summed E-state index contributed by atoms with van der Waals surface area (Å²) in [6, 6.07) is 13.8. The molecule has 0 aliphatic rings. The molecule has 0 heterocycles. The number of rotatable bonds is 4. The van der Waals surface area contributed by atoms with Gasteiger partial charge in [-0.25, -0.2) is 0 Å². The Morgan fingerprint density at radius 3 is 2.63 bits per heavy atom. The largest absolute Gasteiger partial charge is 0.279 e. The van der Waals surface area contributed by atoms with E-state index >= 15 is 0 Å². The third-order valence-corrected chi connectivity index (χ3v) is 2.86. The van der Waals surface area contributed by atoms with Crippen molar-refractivity contribution in [2.45, 2.75) is 0 Å². The molecule has 6 heteroatoms. The van der Waals surface area contributed by atoms with Crippen molar-refractivity contribution in [2.75, 3.05) is 5.43 Å². The zero-order valence-electron chi connectivity index (χ0n) is 9.79. The molecule has 0 saturated carbocycles. The summed E-state index contributed by atoms with van der Waals surface area (Å²) in [5.41, 5.74) is 4.40. The minimum absolute atomic E-state index is 0.0487. The lowest BCUT2D eigenvalue weighted by molar-refractivity contribution is -0.384. The number of nitrogens with one attached hydrogen (secondary N) is 1. The third kappa shape index (κ3) is 3.89. The van der Waals surface area contributed by atoms with Crippen LogP contribution >= 0.6 is 15.9 Å². The van der Waals surface area contributed by atoms with Crippen LogP contribution in [0.25, 0.3) is 0 Å². The summed E-state index contributed by atoms with van der Waals surface area (Å²) >= 11 is 3.34. The smallest absolute Gasteiger partial charge is 0.270 e. The van der Waals surface area contributed by atoms with Crippen LogP contribution in [0.15, 0.2) is 58.1 Å². The van der Waals surface area contributed by atoms with E-state index in [1.165, 1.54) is 18.3 Å². The van der Waals surface area contributed by atoms with Crippen molar-refractivity contribution in [1.29, 1.82) is 0 Å². The van der Waals surface area contributed by atoms with Gasteiger partial charge in [-0.3, -0.25) is 15.5 Å². The van der Waals surface area contributed by atoms with E-state index in [0.717, 1.165) is 10.2 Å². The SMILES string of the molecule is O=[N+]([O-])c1cccc(/C=N/Nc2ccc(Br)cc2)c1. The molecule has 1 N–H and O–H groups in total.